The van der Waals surface area contributed by atoms with Crippen LogP contribution in [0.2, 0.25) is 0 Å². The van der Waals surface area contributed by atoms with Crippen LogP contribution in [0.5, 0.6) is 0 Å². The molecule has 0 radical (unpaired) electrons. The molecule has 3 heteroatoms. The average Bonchev–Trinajstić information content (AvgIpc) is 2.86. The molecule has 2 heterocycles. The summed E-state index contributed by atoms with van der Waals surface area (Å²) in [4.78, 5) is 4.44. The van der Waals surface area contributed by atoms with E-state index in [2.05, 4.69) is 39.9 Å². The fourth-order valence-electron chi connectivity index (χ4n) is 2.11. The Kier molecular flexibility index (Phi) is 1.69. The van der Waals surface area contributed by atoms with E-state index >= 15 is 0 Å². The van der Waals surface area contributed by atoms with Crippen molar-refractivity contribution in [1.82, 2.24) is 5.32 Å². The second kappa shape index (κ2) is 3.01. The summed E-state index contributed by atoms with van der Waals surface area (Å²) in [6.45, 7) is 1.91. The van der Waals surface area contributed by atoms with Gasteiger partial charge in [-0.2, -0.15) is 0 Å². The lowest BCUT2D eigenvalue weighted by Crippen LogP contribution is -2.35. The number of benzene rings is 1. The van der Waals surface area contributed by atoms with E-state index in [9.17, 15) is 0 Å². The molecule has 1 unspecified atom stereocenters. The van der Waals surface area contributed by atoms with Gasteiger partial charge in [-0.05, 0) is 11.6 Å². The minimum absolute atomic E-state index is 0.370. The Morgan fingerprint density at radius 2 is 2.21 bits per heavy atom. The first-order valence-electron chi connectivity index (χ1n) is 5.06. The van der Waals surface area contributed by atoms with E-state index in [0.717, 1.165) is 25.3 Å². The van der Waals surface area contributed by atoms with Crippen LogP contribution in [0.1, 0.15) is 5.56 Å². The van der Waals surface area contributed by atoms with Crippen LogP contribution in [0.4, 0.5) is 5.69 Å². The number of nitrogens with one attached hydrogen (secondary N) is 2. The highest BCUT2D eigenvalue weighted by atomic mass is 15.1. The molecule has 0 fully saturated rings. The molecule has 3 nitrogen and oxygen atoms in total. The van der Waals surface area contributed by atoms with Crippen molar-refractivity contribution in [3.8, 4) is 0 Å². The van der Waals surface area contributed by atoms with Gasteiger partial charge in [-0.3, -0.25) is 4.99 Å². The molecule has 1 aromatic carbocycles. The minimum Gasteiger partial charge on any atom is -0.375 e. The number of nitrogens with zero attached hydrogens (tertiary/aromatic N) is 1. The van der Waals surface area contributed by atoms with Gasteiger partial charge < -0.3 is 10.6 Å². The smallest absolute Gasteiger partial charge is 0.119 e. The van der Waals surface area contributed by atoms with Crippen LogP contribution < -0.4 is 10.6 Å². The third kappa shape index (κ3) is 1.16. The molecule has 0 aromatic heterocycles. The topological polar surface area (TPSA) is 36.4 Å². The van der Waals surface area contributed by atoms with Crippen LogP contribution in [0.15, 0.2) is 29.3 Å². The van der Waals surface area contributed by atoms with E-state index in [1.807, 2.05) is 0 Å². The van der Waals surface area contributed by atoms with Crippen molar-refractivity contribution in [2.75, 3.05) is 18.4 Å². The summed E-state index contributed by atoms with van der Waals surface area (Å²) in [5, 5.41) is 6.80. The highest BCUT2D eigenvalue weighted by Crippen LogP contribution is 2.25. The zero-order chi connectivity index (χ0) is 9.38. The lowest BCUT2D eigenvalue weighted by atomic mass is 10.1. The molecule has 2 N–H and O–H groups in total. The molecule has 2 aliphatic heterocycles. The van der Waals surface area contributed by atoms with Gasteiger partial charge in [-0.1, -0.05) is 18.2 Å². The maximum Gasteiger partial charge on any atom is 0.119 e. The molecule has 2 aliphatic rings. The van der Waals surface area contributed by atoms with Crippen LogP contribution in [-0.4, -0.2) is 25.0 Å². The van der Waals surface area contributed by atoms with Crippen LogP contribution in [-0.2, 0) is 6.42 Å². The van der Waals surface area contributed by atoms with E-state index < -0.39 is 0 Å². The number of rotatable bonds is 1. The fraction of sp³-hybridized carbons (Fsp3) is 0.364. The quantitative estimate of drug-likeness (QED) is 0.688. The first kappa shape index (κ1) is 7.85. The number of hydrogen-bond acceptors (Lipinski definition) is 3. The molecule has 1 aromatic rings. The van der Waals surface area contributed by atoms with E-state index in [-0.39, 0.29) is 0 Å². The van der Waals surface area contributed by atoms with Crippen molar-refractivity contribution in [2.24, 2.45) is 4.99 Å². The van der Waals surface area contributed by atoms with Crippen molar-refractivity contribution in [1.29, 1.82) is 0 Å². The summed E-state index contributed by atoms with van der Waals surface area (Å²) in [5.41, 5.74) is 2.66. The first-order chi connectivity index (χ1) is 6.93. The van der Waals surface area contributed by atoms with E-state index in [4.69, 9.17) is 0 Å². The summed E-state index contributed by atoms with van der Waals surface area (Å²) in [6.07, 6.45) is 1.06. The molecular formula is C11H13N3. The predicted octanol–water partition coefficient (Wildman–Crippen LogP) is 1.02. The number of aliphatic imine (C=N–C) groups is 1. The summed E-state index contributed by atoms with van der Waals surface area (Å²) >= 11 is 0. The van der Waals surface area contributed by atoms with Gasteiger partial charge in [-0.15, -0.1) is 0 Å². The zero-order valence-corrected chi connectivity index (χ0v) is 7.96. The van der Waals surface area contributed by atoms with E-state index in [0.29, 0.717) is 6.04 Å². The highest BCUT2D eigenvalue weighted by molar-refractivity contribution is 5.93. The largest absolute Gasteiger partial charge is 0.375 e. The van der Waals surface area contributed by atoms with Crippen molar-refractivity contribution < 1.29 is 0 Å². The summed E-state index contributed by atoms with van der Waals surface area (Å²) in [7, 11) is 0. The van der Waals surface area contributed by atoms with Crippen molar-refractivity contribution in [2.45, 2.75) is 12.5 Å². The SMILES string of the molecule is c1ccc2c(c1)CC(C1=NCCN1)N2. The first-order valence-corrected chi connectivity index (χ1v) is 5.06. The zero-order valence-electron chi connectivity index (χ0n) is 7.96. The third-order valence-electron chi connectivity index (χ3n) is 2.80. The fourth-order valence-corrected chi connectivity index (χ4v) is 2.11. The second-order valence-corrected chi connectivity index (χ2v) is 3.75. The van der Waals surface area contributed by atoms with Gasteiger partial charge in [0.05, 0.1) is 12.6 Å². The molecule has 14 heavy (non-hydrogen) atoms. The summed E-state index contributed by atoms with van der Waals surface area (Å²) in [6, 6.07) is 8.84. The monoisotopic (exact) mass is 187 g/mol. The van der Waals surface area contributed by atoms with Gasteiger partial charge in [0.2, 0.25) is 0 Å². The molecule has 0 bridgehead atoms. The Bertz CT molecular complexity index is 359. The van der Waals surface area contributed by atoms with Gasteiger partial charge in [0.25, 0.3) is 0 Å². The molecule has 0 aliphatic carbocycles. The van der Waals surface area contributed by atoms with Crippen LogP contribution in [0.3, 0.4) is 0 Å². The van der Waals surface area contributed by atoms with Crippen LogP contribution >= 0.6 is 0 Å². The van der Waals surface area contributed by atoms with Crippen LogP contribution in [0.25, 0.3) is 0 Å². The van der Waals surface area contributed by atoms with Gasteiger partial charge >= 0.3 is 0 Å². The van der Waals surface area contributed by atoms with Gasteiger partial charge in [0, 0.05) is 18.7 Å². The van der Waals surface area contributed by atoms with E-state index in [1.165, 1.54) is 11.3 Å². The van der Waals surface area contributed by atoms with Gasteiger partial charge in [0.1, 0.15) is 5.84 Å². The summed E-state index contributed by atoms with van der Waals surface area (Å²) in [5.74, 6) is 1.13. The number of fused-ring (bicyclic) bond motifs is 1. The van der Waals surface area contributed by atoms with Crippen molar-refractivity contribution in [3.63, 3.8) is 0 Å². The Morgan fingerprint density at radius 3 is 3.00 bits per heavy atom. The molecule has 72 valence electrons. The number of para-hydroxylation sites is 1. The van der Waals surface area contributed by atoms with E-state index in [1.54, 1.807) is 0 Å². The standard InChI is InChI=1S/C11H13N3/c1-2-4-9-8(3-1)7-10(14-9)11-12-5-6-13-11/h1-4,10,14H,5-7H2,(H,12,13). The number of anilines is 1. The number of amidine groups is 1. The Hall–Kier alpha value is -1.51. The molecule has 0 amide bonds. The number of hydrogen-bond donors (Lipinski definition) is 2. The molecule has 0 saturated carbocycles. The van der Waals surface area contributed by atoms with Gasteiger partial charge in [-0.25, -0.2) is 0 Å². The predicted molar refractivity (Wildman–Crippen MR) is 57.9 cm³/mol. The molecule has 0 saturated heterocycles. The van der Waals surface area contributed by atoms with Crippen molar-refractivity contribution in [3.05, 3.63) is 29.8 Å². The third-order valence-corrected chi connectivity index (χ3v) is 2.80. The summed E-state index contributed by atoms with van der Waals surface area (Å²) < 4.78 is 0. The maximum atomic E-state index is 4.44. The second-order valence-electron chi connectivity index (χ2n) is 3.75. The molecule has 0 spiro atoms. The normalized spacial score (nSPS) is 23.7. The lowest BCUT2D eigenvalue weighted by molar-refractivity contribution is 0.902. The van der Waals surface area contributed by atoms with Crippen molar-refractivity contribution >= 4 is 11.5 Å². The molecule has 1 atom stereocenters. The molecular weight excluding hydrogens is 174 g/mol. The Labute approximate surface area is 83.2 Å². The molecule has 3 rings (SSSR count). The Balaban J connectivity index is 1.84. The van der Waals surface area contributed by atoms with Crippen LogP contribution in [0, 0.1) is 0 Å². The Morgan fingerprint density at radius 1 is 1.29 bits per heavy atom. The highest BCUT2D eigenvalue weighted by Gasteiger charge is 2.25. The maximum absolute atomic E-state index is 4.44. The average molecular weight is 187 g/mol. The van der Waals surface area contributed by atoms with Gasteiger partial charge in [0.15, 0.2) is 0 Å². The minimum atomic E-state index is 0.370. The lowest BCUT2D eigenvalue weighted by Gasteiger charge is -2.11.